The minimum atomic E-state index is -1.75. The first-order chi connectivity index (χ1) is 17.2. The summed E-state index contributed by atoms with van der Waals surface area (Å²) in [6.45, 7) is 0. The summed E-state index contributed by atoms with van der Waals surface area (Å²) >= 11 is 0. The number of carbonyl (C=O) groups is 2. The van der Waals surface area contributed by atoms with Crippen LogP contribution in [0.25, 0.3) is 0 Å². The molecular formula is C22H16Ag2N6O8. The molecule has 16 heteroatoms. The van der Waals surface area contributed by atoms with E-state index in [1.807, 2.05) is 0 Å². The van der Waals surface area contributed by atoms with Crippen molar-refractivity contribution in [2.75, 3.05) is 0 Å². The van der Waals surface area contributed by atoms with E-state index >= 15 is 0 Å². The van der Waals surface area contributed by atoms with Crippen LogP contribution in [0.5, 0.6) is 0 Å². The van der Waals surface area contributed by atoms with E-state index in [4.69, 9.17) is 30.6 Å². The molecule has 4 heterocycles. The Bertz CT molecular complexity index is 1050. The summed E-state index contributed by atoms with van der Waals surface area (Å²) in [5, 5.41) is 29.5. The van der Waals surface area contributed by atoms with Gasteiger partial charge in [-0.3, -0.25) is 29.5 Å². The summed E-state index contributed by atoms with van der Waals surface area (Å²) < 4.78 is 0. The molecule has 0 radical (unpaired) electrons. The maximum absolute atomic E-state index is 11.8. The van der Waals surface area contributed by atoms with Crippen LogP contribution in [0, 0.1) is 30.6 Å². The predicted molar refractivity (Wildman–Crippen MR) is 125 cm³/mol. The largest absolute Gasteiger partial charge is 1.00 e. The molecule has 38 heavy (non-hydrogen) atoms. The fourth-order valence-corrected chi connectivity index (χ4v) is 2.30. The predicted octanol–water partition coefficient (Wildman–Crippen LogP) is 2.93. The summed E-state index contributed by atoms with van der Waals surface area (Å²) in [7, 11) is 0. The Morgan fingerprint density at radius 1 is 0.526 bits per heavy atom. The number of carbonyl (C=O) groups excluding carboxylic acids is 2. The van der Waals surface area contributed by atoms with Crippen molar-refractivity contribution in [1.29, 1.82) is 0 Å². The van der Waals surface area contributed by atoms with Crippen molar-refractivity contribution in [3.05, 3.63) is 151 Å². The molecule has 0 saturated heterocycles. The fraction of sp³-hybridized carbons (Fsp3) is 0. The average molecular weight is 708 g/mol. The van der Waals surface area contributed by atoms with Gasteiger partial charge < -0.3 is 30.6 Å². The van der Waals surface area contributed by atoms with Gasteiger partial charge in [-0.1, -0.05) is 12.1 Å². The second kappa shape index (κ2) is 21.0. The average Bonchev–Trinajstić information content (AvgIpc) is 2.89. The van der Waals surface area contributed by atoms with Crippen LogP contribution in [-0.4, -0.2) is 41.7 Å². The number of rotatable bonds is 4. The quantitative estimate of drug-likeness (QED) is 0.129. The van der Waals surface area contributed by atoms with Crippen molar-refractivity contribution in [2.24, 2.45) is 0 Å². The van der Waals surface area contributed by atoms with Gasteiger partial charge in [0.25, 0.3) is 0 Å². The van der Waals surface area contributed by atoms with Gasteiger partial charge in [0.1, 0.15) is 11.4 Å². The number of pyridine rings is 4. The van der Waals surface area contributed by atoms with Crippen LogP contribution in [0.4, 0.5) is 0 Å². The minimum absolute atomic E-state index is 0. The van der Waals surface area contributed by atoms with Crippen molar-refractivity contribution in [3.8, 4) is 0 Å². The van der Waals surface area contributed by atoms with Crippen LogP contribution >= 0.6 is 0 Å². The molecule has 4 rings (SSSR count). The van der Waals surface area contributed by atoms with Crippen molar-refractivity contribution < 1.29 is 64.5 Å². The van der Waals surface area contributed by atoms with E-state index in [0.717, 1.165) is 0 Å². The van der Waals surface area contributed by atoms with Crippen molar-refractivity contribution in [2.45, 2.75) is 0 Å². The van der Waals surface area contributed by atoms with Gasteiger partial charge in [0.2, 0.25) is 11.6 Å². The summed E-state index contributed by atoms with van der Waals surface area (Å²) in [4.78, 5) is 55.7. The molecule has 0 bridgehead atoms. The topological polar surface area (TPSA) is 218 Å². The van der Waals surface area contributed by atoms with E-state index in [2.05, 4.69) is 19.9 Å². The first-order valence-corrected chi connectivity index (χ1v) is 9.57. The molecule has 0 unspecified atom stereocenters. The number of nitrogens with zero attached hydrogens (tertiary/aromatic N) is 6. The van der Waals surface area contributed by atoms with Crippen LogP contribution < -0.4 is 0 Å². The third kappa shape index (κ3) is 15.7. The monoisotopic (exact) mass is 706 g/mol. The van der Waals surface area contributed by atoms with E-state index in [1.54, 1.807) is 97.8 Å². The molecule has 14 nitrogen and oxygen atoms in total. The Morgan fingerprint density at radius 3 is 1.05 bits per heavy atom. The number of ketones is 2. The van der Waals surface area contributed by atoms with E-state index in [-0.39, 0.29) is 56.3 Å². The summed E-state index contributed by atoms with van der Waals surface area (Å²) in [5.41, 5.74) is 2.13. The molecule has 0 spiro atoms. The second-order valence-electron chi connectivity index (χ2n) is 6.01. The molecule has 204 valence electrons. The molecule has 0 aliphatic rings. The number of hydrogen-bond acceptors (Lipinski definition) is 12. The van der Waals surface area contributed by atoms with Gasteiger partial charge in [-0.05, 0) is 48.5 Å². The third-order valence-corrected chi connectivity index (χ3v) is 3.68. The summed E-state index contributed by atoms with van der Waals surface area (Å²) in [5.74, 6) is -0.152. The van der Waals surface area contributed by atoms with E-state index in [9.17, 15) is 9.59 Å². The van der Waals surface area contributed by atoms with Crippen LogP contribution in [0.2, 0.25) is 0 Å². The fourth-order valence-electron chi connectivity index (χ4n) is 2.30. The Labute approximate surface area is 246 Å². The molecule has 4 aromatic heterocycles. The Hall–Kier alpha value is -4.18. The SMILES string of the molecule is O=C(c1ccncc1)c1ccccn1.O=C(c1ccncc1)c1ccccn1.O=[N+]([O-])[O-].O=[N+]([O-])[O-].[Ag+].[Ag+]. The van der Waals surface area contributed by atoms with Gasteiger partial charge in [0, 0.05) is 48.3 Å². The summed E-state index contributed by atoms with van der Waals surface area (Å²) in [6.07, 6.45) is 9.58. The standard InChI is InChI=1S/2C11H8N2O.2Ag.2NO3/c2*14-11(9-4-7-12-8-5-9)10-3-1-2-6-13-10;;;2*2-1(3)4/h2*1-8H;;;;/q;;2*+1;2*-1. The van der Waals surface area contributed by atoms with Crippen LogP contribution in [0.15, 0.2) is 97.8 Å². The van der Waals surface area contributed by atoms with Crippen LogP contribution in [0.3, 0.4) is 0 Å². The molecule has 0 N–H and O–H groups in total. The first-order valence-electron chi connectivity index (χ1n) is 9.57. The van der Waals surface area contributed by atoms with Crippen LogP contribution in [-0.2, 0) is 44.8 Å². The maximum Gasteiger partial charge on any atom is 1.00 e. The van der Waals surface area contributed by atoms with E-state index in [0.29, 0.717) is 22.5 Å². The normalized spacial score (nSPS) is 8.42. The molecule has 0 aliphatic heterocycles. The third-order valence-electron chi connectivity index (χ3n) is 3.68. The van der Waals surface area contributed by atoms with E-state index in [1.165, 1.54) is 0 Å². The maximum atomic E-state index is 11.8. The minimum Gasteiger partial charge on any atom is -0.356 e. The molecule has 0 fully saturated rings. The van der Waals surface area contributed by atoms with Gasteiger partial charge in [-0.15, -0.1) is 0 Å². The Morgan fingerprint density at radius 2 is 0.816 bits per heavy atom. The van der Waals surface area contributed by atoms with Gasteiger partial charge in [-0.25, -0.2) is 0 Å². The molecule has 0 aromatic carbocycles. The van der Waals surface area contributed by atoms with Crippen molar-refractivity contribution >= 4 is 11.6 Å². The smallest absolute Gasteiger partial charge is 0.356 e. The molecule has 0 aliphatic carbocycles. The van der Waals surface area contributed by atoms with Gasteiger partial charge in [-0.2, -0.15) is 0 Å². The Balaban J connectivity index is 0. The first kappa shape index (κ1) is 36.0. The second-order valence-corrected chi connectivity index (χ2v) is 6.01. The van der Waals surface area contributed by atoms with Crippen LogP contribution in [0.1, 0.15) is 32.1 Å². The van der Waals surface area contributed by atoms with E-state index < -0.39 is 10.2 Å². The van der Waals surface area contributed by atoms with Crippen molar-refractivity contribution in [3.63, 3.8) is 0 Å². The van der Waals surface area contributed by atoms with Crippen molar-refractivity contribution in [1.82, 2.24) is 19.9 Å². The zero-order chi connectivity index (χ0) is 26.8. The number of hydrogen-bond donors (Lipinski definition) is 0. The van der Waals surface area contributed by atoms with Gasteiger partial charge in [0.05, 0.1) is 10.2 Å². The molecule has 4 aromatic rings. The zero-order valence-electron chi connectivity index (χ0n) is 18.8. The molecule has 0 atom stereocenters. The van der Waals surface area contributed by atoms with Gasteiger partial charge >= 0.3 is 44.8 Å². The zero-order valence-corrected chi connectivity index (χ0v) is 21.8. The molecule has 0 amide bonds. The van der Waals surface area contributed by atoms with Gasteiger partial charge in [0.15, 0.2) is 0 Å². The molecule has 0 saturated carbocycles. The Kier molecular flexibility index (Phi) is 19.8. The number of aromatic nitrogens is 4. The molecular weight excluding hydrogens is 692 g/mol. The summed E-state index contributed by atoms with van der Waals surface area (Å²) in [6, 6.07) is 17.3.